The van der Waals surface area contributed by atoms with Crippen molar-refractivity contribution in [2.45, 2.75) is 18.5 Å². The highest BCUT2D eigenvalue weighted by molar-refractivity contribution is 7.14. The lowest BCUT2D eigenvalue weighted by Gasteiger charge is -2.26. The highest BCUT2D eigenvalue weighted by atomic mass is 32.1. The monoisotopic (exact) mass is 535 g/mol. The molecule has 1 fully saturated rings. The molecule has 38 heavy (non-hydrogen) atoms. The summed E-state index contributed by atoms with van der Waals surface area (Å²) in [6, 6.07) is 16.8. The van der Waals surface area contributed by atoms with Crippen LogP contribution in [-0.2, 0) is 20.7 Å². The normalized spacial score (nSPS) is 16.0. The number of carbonyl (C=O) groups excluding carboxylic acids is 2. The van der Waals surface area contributed by atoms with Crippen LogP contribution in [0.2, 0.25) is 0 Å². The van der Waals surface area contributed by atoms with Gasteiger partial charge in [-0.05, 0) is 35.7 Å². The van der Waals surface area contributed by atoms with Gasteiger partial charge in [0.15, 0.2) is 10.8 Å². The molecule has 0 spiro atoms. The minimum atomic E-state index is -0.580. The molecule has 1 aliphatic rings. The molecule has 3 aromatic rings. The van der Waals surface area contributed by atoms with Crippen molar-refractivity contribution in [1.29, 1.82) is 5.26 Å². The Balaban J connectivity index is 1.50. The predicted molar refractivity (Wildman–Crippen MR) is 142 cm³/mol. The Hall–Kier alpha value is -3.82. The van der Waals surface area contributed by atoms with Crippen LogP contribution in [0.5, 0.6) is 5.75 Å². The molecule has 0 aliphatic carbocycles. The minimum absolute atomic E-state index is 0.00956. The molecule has 198 valence electrons. The number of amides is 1. The van der Waals surface area contributed by atoms with E-state index in [1.54, 1.807) is 19.2 Å². The molecule has 0 radical (unpaired) electrons. The number of methoxy groups -OCH3 is 2. The van der Waals surface area contributed by atoms with Gasteiger partial charge in [0.25, 0.3) is 0 Å². The fourth-order valence-corrected chi connectivity index (χ4v) is 4.90. The number of esters is 1. The molecule has 0 bridgehead atoms. The Kier molecular flexibility index (Phi) is 9.40. The summed E-state index contributed by atoms with van der Waals surface area (Å²) in [6.07, 6.45) is 0.339. The van der Waals surface area contributed by atoms with Crippen molar-refractivity contribution in [3.05, 3.63) is 76.3 Å². The van der Waals surface area contributed by atoms with Crippen LogP contribution in [0, 0.1) is 11.3 Å². The number of hydrogen-bond donors (Lipinski definition) is 2. The maximum absolute atomic E-state index is 13.5. The van der Waals surface area contributed by atoms with E-state index in [2.05, 4.69) is 21.7 Å². The maximum Gasteiger partial charge on any atom is 0.357 e. The molecule has 0 unspecified atom stereocenters. The number of benzene rings is 2. The quantitative estimate of drug-likeness (QED) is 0.281. The summed E-state index contributed by atoms with van der Waals surface area (Å²) in [5, 5.41) is 17.8. The lowest BCUT2D eigenvalue weighted by atomic mass is 9.99. The lowest BCUT2D eigenvalue weighted by Crippen LogP contribution is -2.45. The zero-order valence-electron chi connectivity index (χ0n) is 21.2. The first-order chi connectivity index (χ1) is 18.5. The van der Waals surface area contributed by atoms with Gasteiger partial charge in [0.1, 0.15) is 12.4 Å². The number of ether oxygens (including phenoxy) is 3. The molecule has 0 saturated carbocycles. The average Bonchev–Trinajstić information content (AvgIpc) is 3.62. The zero-order valence-corrected chi connectivity index (χ0v) is 22.0. The standard InChI is InChI=1S/C27H29N5O5S/c1-35-11-12-37-21-9-7-18(8-10-21)22-15-32(17-29-22)24(13-19-5-3-4-6-20(19)14-28)25(33)31-27-30-23(16-38-27)26(34)36-2/h3-10,16,22,24,29H,11-13,15,17H2,1-2H3,(H,30,31,33)/t22-,24-/m0/s1. The van der Waals surface area contributed by atoms with Gasteiger partial charge in [-0.15, -0.1) is 11.3 Å². The molecular weight excluding hydrogens is 506 g/mol. The van der Waals surface area contributed by atoms with E-state index >= 15 is 0 Å². The maximum atomic E-state index is 13.5. The molecule has 2 aromatic carbocycles. The molecule has 1 saturated heterocycles. The molecule has 1 aromatic heterocycles. The minimum Gasteiger partial charge on any atom is -0.491 e. The van der Waals surface area contributed by atoms with Gasteiger partial charge in [-0.25, -0.2) is 9.78 Å². The second-order valence-corrected chi connectivity index (χ2v) is 9.46. The third kappa shape index (κ3) is 6.73. The molecule has 10 nitrogen and oxygen atoms in total. The number of aromatic nitrogens is 1. The summed E-state index contributed by atoms with van der Waals surface area (Å²) in [7, 11) is 2.91. The molecular formula is C27H29N5O5S. The second kappa shape index (κ2) is 13.1. The largest absolute Gasteiger partial charge is 0.491 e. The number of anilines is 1. The first-order valence-corrected chi connectivity index (χ1v) is 12.9. The van der Waals surface area contributed by atoms with Crippen LogP contribution < -0.4 is 15.4 Å². The summed E-state index contributed by atoms with van der Waals surface area (Å²) >= 11 is 1.15. The first kappa shape index (κ1) is 27.2. The number of nitrogens with one attached hydrogen (secondary N) is 2. The van der Waals surface area contributed by atoms with Gasteiger partial charge in [0, 0.05) is 31.7 Å². The van der Waals surface area contributed by atoms with Crippen LogP contribution in [0.25, 0.3) is 0 Å². The van der Waals surface area contributed by atoms with Crippen molar-refractivity contribution in [3.63, 3.8) is 0 Å². The van der Waals surface area contributed by atoms with Crippen molar-refractivity contribution in [2.24, 2.45) is 0 Å². The first-order valence-electron chi connectivity index (χ1n) is 12.0. The van der Waals surface area contributed by atoms with Crippen LogP contribution >= 0.6 is 11.3 Å². The fraction of sp³-hybridized carbons (Fsp3) is 0.333. The van der Waals surface area contributed by atoms with Crippen LogP contribution in [0.1, 0.15) is 33.2 Å². The van der Waals surface area contributed by atoms with E-state index in [1.807, 2.05) is 41.3 Å². The summed E-state index contributed by atoms with van der Waals surface area (Å²) in [6.45, 7) is 2.06. The number of nitriles is 1. The lowest BCUT2D eigenvalue weighted by molar-refractivity contribution is -0.121. The molecule has 2 N–H and O–H groups in total. The van der Waals surface area contributed by atoms with Gasteiger partial charge in [0.05, 0.1) is 31.4 Å². The SMILES string of the molecule is COCCOc1ccc([C@@H]2CN([C@@H](Cc3ccccc3C#N)C(=O)Nc3nc(C(=O)OC)cs3)CN2)cc1. The van der Waals surface area contributed by atoms with Gasteiger partial charge in [-0.1, -0.05) is 30.3 Å². The zero-order chi connectivity index (χ0) is 26.9. The number of hydrogen-bond acceptors (Lipinski definition) is 10. The van der Waals surface area contributed by atoms with Crippen LogP contribution in [0.3, 0.4) is 0 Å². The molecule has 1 amide bonds. The Bertz CT molecular complexity index is 1290. The Morgan fingerprint density at radius 3 is 2.74 bits per heavy atom. The van der Waals surface area contributed by atoms with Crippen molar-refractivity contribution in [1.82, 2.24) is 15.2 Å². The summed E-state index contributed by atoms with van der Waals surface area (Å²) < 4.78 is 15.4. The van der Waals surface area contributed by atoms with Gasteiger partial charge in [-0.2, -0.15) is 5.26 Å². The topological polar surface area (TPSA) is 126 Å². The van der Waals surface area contributed by atoms with Crippen molar-refractivity contribution >= 4 is 28.3 Å². The Morgan fingerprint density at radius 2 is 2.00 bits per heavy atom. The van der Waals surface area contributed by atoms with E-state index in [-0.39, 0.29) is 17.6 Å². The molecule has 2 atom stereocenters. The van der Waals surface area contributed by atoms with Gasteiger partial charge < -0.3 is 19.5 Å². The van der Waals surface area contributed by atoms with E-state index < -0.39 is 12.0 Å². The van der Waals surface area contributed by atoms with Crippen molar-refractivity contribution in [3.8, 4) is 11.8 Å². The number of nitrogens with zero attached hydrogens (tertiary/aromatic N) is 3. The average molecular weight is 536 g/mol. The van der Waals surface area contributed by atoms with E-state index in [9.17, 15) is 14.9 Å². The Labute approximate surface area is 225 Å². The fourth-order valence-electron chi connectivity index (χ4n) is 4.21. The van der Waals surface area contributed by atoms with E-state index in [4.69, 9.17) is 14.2 Å². The molecule has 2 heterocycles. The van der Waals surface area contributed by atoms with Crippen molar-refractivity contribution in [2.75, 3.05) is 46.0 Å². The van der Waals surface area contributed by atoms with E-state index in [1.165, 1.54) is 12.5 Å². The third-order valence-corrected chi connectivity index (χ3v) is 6.98. The Morgan fingerprint density at radius 1 is 1.21 bits per heavy atom. The van der Waals surface area contributed by atoms with Crippen LogP contribution in [-0.4, -0.2) is 68.4 Å². The van der Waals surface area contributed by atoms with Gasteiger partial charge in [-0.3, -0.25) is 15.0 Å². The van der Waals surface area contributed by atoms with E-state index in [0.29, 0.717) is 43.5 Å². The summed E-state index contributed by atoms with van der Waals surface area (Å²) in [4.78, 5) is 31.5. The highest BCUT2D eigenvalue weighted by Crippen LogP contribution is 2.26. The van der Waals surface area contributed by atoms with Gasteiger partial charge in [0.2, 0.25) is 5.91 Å². The number of carbonyl (C=O) groups is 2. The number of thiazole rings is 1. The number of rotatable bonds is 11. The van der Waals surface area contributed by atoms with Crippen LogP contribution in [0.15, 0.2) is 53.9 Å². The second-order valence-electron chi connectivity index (χ2n) is 8.60. The third-order valence-electron chi connectivity index (χ3n) is 6.22. The summed E-state index contributed by atoms with van der Waals surface area (Å²) in [5.41, 5.74) is 2.52. The molecule has 1 aliphatic heterocycles. The van der Waals surface area contributed by atoms with Gasteiger partial charge >= 0.3 is 5.97 Å². The predicted octanol–water partition coefficient (Wildman–Crippen LogP) is 2.98. The molecule has 11 heteroatoms. The van der Waals surface area contributed by atoms with Crippen LogP contribution in [0.4, 0.5) is 5.13 Å². The van der Waals surface area contributed by atoms with Crippen molar-refractivity contribution < 1.29 is 23.8 Å². The summed E-state index contributed by atoms with van der Waals surface area (Å²) in [5.74, 6) is -0.0726. The highest BCUT2D eigenvalue weighted by Gasteiger charge is 2.34. The van der Waals surface area contributed by atoms with E-state index in [0.717, 1.165) is 28.2 Å². The smallest absolute Gasteiger partial charge is 0.357 e. The molecule has 4 rings (SSSR count).